The van der Waals surface area contributed by atoms with Gasteiger partial charge in [0.05, 0.1) is 9.83 Å². The highest BCUT2D eigenvalue weighted by atomic mass is 79.9. The average Bonchev–Trinajstić information content (AvgIpc) is 2.79. The minimum atomic E-state index is -3.65. The number of nitrogens with zero attached hydrogens (tertiary/aromatic N) is 1. The summed E-state index contributed by atoms with van der Waals surface area (Å²) in [6, 6.07) is 0.865. The van der Waals surface area contributed by atoms with E-state index in [1.54, 1.807) is 17.9 Å². The van der Waals surface area contributed by atoms with E-state index < -0.39 is 16.1 Å². The van der Waals surface area contributed by atoms with Gasteiger partial charge in [0.15, 0.2) is 0 Å². The van der Waals surface area contributed by atoms with Crippen molar-refractivity contribution in [2.24, 2.45) is 0 Å². The fraction of sp³-hybridized carbons (Fsp3) is 0.615. The maximum Gasteiger partial charge on any atom is 0.250 e. The summed E-state index contributed by atoms with van der Waals surface area (Å²) < 4.78 is 28.1. The van der Waals surface area contributed by atoms with E-state index in [4.69, 9.17) is 0 Å². The number of thiophene rings is 1. The zero-order valence-corrected chi connectivity index (χ0v) is 15.3. The van der Waals surface area contributed by atoms with Crippen LogP contribution in [0.4, 0.5) is 0 Å². The van der Waals surface area contributed by atoms with Crippen molar-refractivity contribution >= 4 is 43.2 Å². The molecular formula is C13H19BrN2O3S2. The summed E-state index contributed by atoms with van der Waals surface area (Å²) in [6.07, 6.45) is 3.11. The number of rotatable bonds is 4. The summed E-state index contributed by atoms with van der Waals surface area (Å²) >= 11 is 4.47. The first-order chi connectivity index (χ1) is 9.81. The first-order valence-corrected chi connectivity index (χ1v) is 9.97. The fourth-order valence-electron chi connectivity index (χ4n) is 2.29. The summed E-state index contributed by atoms with van der Waals surface area (Å²) in [4.78, 5) is 14.0. The lowest BCUT2D eigenvalue weighted by atomic mass is 10.1. The Kier molecular flexibility index (Phi) is 5.45. The van der Waals surface area contributed by atoms with Crippen molar-refractivity contribution < 1.29 is 13.2 Å². The fourth-order valence-corrected chi connectivity index (χ4v) is 5.73. The molecule has 2 rings (SSSR count). The van der Waals surface area contributed by atoms with Gasteiger partial charge in [0.1, 0.15) is 4.21 Å². The number of likely N-dealkylation sites (tertiary alicyclic amines) is 1. The van der Waals surface area contributed by atoms with E-state index in [9.17, 15) is 13.2 Å². The molecular weight excluding hydrogens is 376 g/mol. The SMILES string of the molecule is Cc1cc(S(=O)(=O)NC(C)C(=O)N2CCCCC2)sc1Br. The van der Waals surface area contributed by atoms with Crippen LogP contribution >= 0.6 is 27.3 Å². The molecule has 1 fully saturated rings. The van der Waals surface area contributed by atoms with E-state index in [-0.39, 0.29) is 10.1 Å². The van der Waals surface area contributed by atoms with Crippen LogP contribution in [0.5, 0.6) is 0 Å². The number of amides is 1. The van der Waals surface area contributed by atoms with Gasteiger partial charge < -0.3 is 4.90 Å². The monoisotopic (exact) mass is 394 g/mol. The van der Waals surface area contributed by atoms with Gasteiger partial charge in [0.2, 0.25) is 5.91 Å². The molecule has 0 aliphatic carbocycles. The topological polar surface area (TPSA) is 66.5 Å². The molecule has 1 aromatic rings. The molecule has 0 radical (unpaired) electrons. The van der Waals surface area contributed by atoms with Crippen LogP contribution in [0.25, 0.3) is 0 Å². The third kappa shape index (κ3) is 4.06. The molecule has 1 N–H and O–H groups in total. The second kappa shape index (κ2) is 6.76. The number of aryl methyl sites for hydroxylation is 1. The molecule has 1 aromatic heterocycles. The average molecular weight is 395 g/mol. The lowest BCUT2D eigenvalue weighted by Crippen LogP contribution is -2.48. The maximum absolute atomic E-state index is 12.3. The minimum Gasteiger partial charge on any atom is -0.341 e. The van der Waals surface area contributed by atoms with Crippen molar-refractivity contribution in [3.63, 3.8) is 0 Å². The normalized spacial score (nSPS) is 17.8. The van der Waals surface area contributed by atoms with E-state index in [1.165, 1.54) is 0 Å². The Morgan fingerprint density at radius 3 is 2.52 bits per heavy atom. The van der Waals surface area contributed by atoms with Crippen molar-refractivity contribution in [1.82, 2.24) is 9.62 Å². The van der Waals surface area contributed by atoms with Crippen molar-refractivity contribution in [1.29, 1.82) is 0 Å². The van der Waals surface area contributed by atoms with Crippen molar-refractivity contribution in [3.8, 4) is 0 Å². The molecule has 1 atom stereocenters. The number of sulfonamides is 1. The van der Waals surface area contributed by atoms with Gasteiger partial charge in [-0.05, 0) is 60.7 Å². The second-order valence-corrected chi connectivity index (χ2v) is 9.56. The Morgan fingerprint density at radius 1 is 1.38 bits per heavy atom. The minimum absolute atomic E-state index is 0.148. The molecule has 1 saturated heterocycles. The van der Waals surface area contributed by atoms with Crippen LogP contribution in [0.15, 0.2) is 14.1 Å². The molecule has 0 aromatic carbocycles. The number of nitrogens with one attached hydrogen (secondary N) is 1. The highest BCUT2D eigenvalue weighted by molar-refractivity contribution is 9.11. The molecule has 1 amide bonds. The highest BCUT2D eigenvalue weighted by Crippen LogP contribution is 2.30. The lowest BCUT2D eigenvalue weighted by Gasteiger charge is -2.29. The van der Waals surface area contributed by atoms with Crippen LogP contribution in [-0.2, 0) is 14.8 Å². The second-order valence-electron chi connectivity index (χ2n) is 5.25. The Bertz CT molecular complexity index is 602. The number of hydrogen-bond donors (Lipinski definition) is 1. The molecule has 1 aliphatic heterocycles. The Morgan fingerprint density at radius 2 is 2.00 bits per heavy atom. The summed E-state index contributed by atoms with van der Waals surface area (Å²) in [5.74, 6) is -0.148. The van der Waals surface area contributed by atoms with Crippen LogP contribution in [-0.4, -0.2) is 38.4 Å². The van der Waals surface area contributed by atoms with Crippen LogP contribution in [0.2, 0.25) is 0 Å². The van der Waals surface area contributed by atoms with Crippen LogP contribution < -0.4 is 4.72 Å². The smallest absolute Gasteiger partial charge is 0.250 e. The molecule has 1 unspecified atom stereocenters. The van der Waals surface area contributed by atoms with Gasteiger partial charge in [0, 0.05) is 13.1 Å². The zero-order valence-electron chi connectivity index (χ0n) is 12.1. The first-order valence-electron chi connectivity index (χ1n) is 6.88. The summed E-state index contributed by atoms with van der Waals surface area (Å²) in [5, 5.41) is 0. The summed E-state index contributed by atoms with van der Waals surface area (Å²) in [5.41, 5.74) is 0.871. The standard InChI is InChI=1S/C13H19BrN2O3S2/c1-9-8-11(20-12(9)14)21(18,19)15-10(2)13(17)16-6-4-3-5-7-16/h8,10,15H,3-7H2,1-2H3. The van der Waals surface area contributed by atoms with E-state index in [2.05, 4.69) is 20.7 Å². The first kappa shape index (κ1) is 16.9. The van der Waals surface area contributed by atoms with Crippen LogP contribution in [0, 0.1) is 6.92 Å². The van der Waals surface area contributed by atoms with Gasteiger partial charge in [0.25, 0.3) is 10.0 Å². The Hall–Kier alpha value is -0.440. The summed E-state index contributed by atoms with van der Waals surface area (Å²) in [6.45, 7) is 4.87. The quantitative estimate of drug-likeness (QED) is 0.852. The number of halogens is 1. The van der Waals surface area contributed by atoms with E-state index >= 15 is 0 Å². The van der Waals surface area contributed by atoms with Crippen molar-refractivity contribution in [3.05, 3.63) is 15.4 Å². The number of carbonyl (C=O) groups excluding carboxylic acids is 1. The van der Waals surface area contributed by atoms with E-state index in [0.717, 1.165) is 39.9 Å². The molecule has 21 heavy (non-hydrogen) atoms. The lowest BCUT2D eigenvalue weighted by molar-refractivity contribution is -0.133. The van der Waals surface area contributed by atoms with Gasteiger partial charge in [-0.3, -0.25) is 4.79 Å². The van der Waals surface area contributed by atoms with Crippen molar-refractivity contribution in [2.75, 3.05) is 13.1 Å². The number of carbonyl (C=O) groups is 1. The molecule has 0 saturated carbocycles. The van der Waals surface area contributed by atoms with Gasteiger partial charge in [-0.25, -0.2) is 8.42 Å². The predicted molar refractivity (Wildman–Crippen MR) is 87.0 cm³/mol. The molecule has 1 aliphatic rings. The van der Waals surface area contributed by atoms with Crippen LogP contribution in [0.3, 0.4) is 0 Å². The van der Waals surface area contributed by atoms with E-state index in [1.807, 2.05) is 6.92 Å². The number of hydrogen-bond acceptors (Lipinski definition) is 4. The largest absolute Gasteiger partial charge is 0.341 e. The predicted octanol–water partition coefficient (Wildman–Crippen LogP) is 2.50. The molecule has 0 spiro atoms. The van der Waals surface area contributed by atoms with Gasteiger partial charge in [-0.1, -0.05) is 0 Å². The molecule has 2 heterocycles. The molecule has 0 bridgehead atoms. The van der Waals surface area contributed by atoms with E-state index in [0.29, 0.717) is 13.1 Å². The highest BCUT2D eigenvalue weighted by Gasteiger charge is 2.27. The zero-order chi connectivity index (χ0) is 15.6. The van der Waals surface area contributed by atoms with Gasteiger partial charge >= 0.3 is 0 Å². The summed E-state index contributed by atoms with van der Waals surface area (Å²) in [7, 11) is -3.65. The third-order valence-electron chi connectivity index (χ3n) is 3.47. The molecule has 118 valence electrons. The number of piperidine rings is 1. The molecule has 8 heteroatoms. The van der Waals surface area contributed by atoms with Gasteiger partial charge in [-0.2, -0.15) is 4.72 Å². The Balaban J connectivity index is 2.06. The third-order valence-corrected chi connectivity index (χ3v) is 7.62. The Labute approximate surface area is 137 Å². The maximum atomic E-state index is 12.3. The van der Waals surface area contributed by atoms with Gasteiger partial charge in [-0.15, -0.1) is 11.3 Å². The van der Waals surface area contributed by atoms with Crippen molar-refractivity contribution in [2.45, 2.75) is 43.4 Å². The molecule has 5 nitrogen and oxygen atoms in total. The van der Waals surface area contributed by atoms with Crippen LogP contribution in [0.1, 0.15) is 31.7 Å².